The van der Waals surface area contributed by atoms with E-state index in [1.54, 1.807) is 17.0 Å². The first kappa shape index (κ1) is 17.6. The fraction of sp³-hybridized carbons (Fsp3) is 0.529. The number of amides is 2. The summed E-state index contributed by atoms with van der Waals surface area (Å²) in [6, 6.07) is 2.92. The second-order valence-electron chi connectivity index (χ2n) is 6.61. The number of aromatic nitrogens is 1. The molecule has 0 aliphatic carbocycles. The molecule has 0 aromatic carbocycles. The minimum Gasteiger partial charge on any atom is -0.409 e. The highest BCUT2D eigenvalue weighted by molar-refractivity contribution is 7.80. The predicted molar refractivity (Wildman–Crippen MR) is 97.5 cm³/mol. The number of anilines is 1. The number of nitrogens with one attached hydrogen (secondary N) is 1. The fourth-order valence-electron chi connectivity index (χ4n) is 2.97. The topological polar surface area (TPSA) is 74.8 Å². The van der Waals surface area contributed by atoms with Crippen molar-refractivity contribution in [1.29, 1.82) is 0 Å². The summed E-state index contributed by atoms with van der Waals surface area (Å²) in [6.45, 7) is 5.36. The molecule has 134 valence electrons. The molecule has 1 N–H and O–H groups in total. The molecule has 0 spiro atoms. The van der Waals surface area contributed by atoms with Gasteiger partial charge in [-0.15, -0.1) is 0 Å². The molecule has 2 amide bonds. The van der Waals surface area contributed by atoms with Crippen molar-refractivity contribution >= 4 is 35.1 Å². The first-order valence-electron chi connectivity index (χ1n) is 8.54. The minimum absolute atomic E-state index is 0.120. The number of likely N-dealkylation sites (tertiary alicyclic amines) is 1. The normalized spacial score (nSPS) is 20.8. The molecule has 2 fully saturated rings. The SMILES string of the molecule is CC(C)C1NC(=S)N(c2ccc(OC(=O)N3CCCCC3)cn2)C1=O. The van der Waals surface area contributed by atoms with Gasteiger partial charge in [0, 0.05) is 13.1 Å². The van der Waals surface area contributed by atoms with E-state index in [1.165, 1.54) is 11.1 Å². The van der Waals surface area contributed by atoms with Crippen LogP contribution in [-0.4, -0.2) is 46.1 Å². The Morgan fingerprint density at radius 2 is 2.04 bits per heavy atom. The van der Waals surface area contributed by atoms with Gasteiger partial charge in [-0.3, -0.25) is 4.79 Å². The van der Waals surface area contributed by atoms with Crippen LogP contribution in [0.2, 0.25) is 0 Å². The van der Waals surface area contributed by atoms with Crippen LogP contribution < -0.4 is 15.0 Å². The summed E-state index contributed by atoms with van der Waals surface area (Å²) in [5.41, 5.74) is 0. The number of hydrogen-bond donors (Lipinski definition) is 1. The Morgan fingerprint density at radius 3 is 2.60 bits per heavy atom. The number of nitrogens with zero attached hydrogens (tertiary/aromatic N) is 3. The van der Waals surface area contributed by atoms with Crippen LogP contribution in [0.5, 0.6) is 5.75 Å². The molecule has 1 atom stereocenters. The van der Waals surface area contributed by atoms with Crippen LogP contribution in [0.3, 0.4) is 0 Å². The van der Waals surface area contributed by atoms with E-state index in [-0.39, 0.29) is 24.0 Å². The van der Waals surface area contributed by atoms with Gasteiger partial charge in [0.2, 0.25) is 0 Å². The number of carbonyl (C=O) groups excluding carboxylic acids is 2. The van der Waals surface area contributed by atoms with Gasteiger partial charge in [0.15, 0.2) is 10.9 Å². The van der Waals surface area contributed by atoms with Gasteiger partial charge < -0.3 is 15.0 Å². The second kappa shape index (κ2) is 7.35. The van der Waals surface area contributed by atoms with Gasteiger partial charge in [-0.25, -0.2) is 14.7 Å². The third-order valence-corrected chi connectivity index (χ3v) is 4.70. The molecule has 25 heavy (non-hydrogen) atoms. The van der Waals surface area contributed by atoms with Gasteiger partial charge in [-0.05, 0) is 49.5 Å². The molecule has 1 unspecified atom stereocenters. The van der Waals surface area contributed by atoms with E-state index < -0.39 is 0 Å². The largest absolute Gasteiger partial charge is 0.415 e. The molecular formula is C17H22N4O3S. The third kappa shape index (κ3) is 3.73. The molecule has 3 heterocycles. The van der Waals surface area contributed by atoms with Crippen LogP contribution in [0.15, 0.2) is 18.3 Å². The van der Waals surface area contributed by atoms with E-state index >= 15 is 0 Å². The zero-order chi connectivity index (χ0) is 18.0. The summed E-state index contributed by atoms with van der Waals surface area (Å²) in [5.74, 6) is 0.777. The maximum atomic E-state index is 12.5. The maximum absolute atomic E-state index is 12.5. The minimum atomic E-state index is -0.358. The lowest BCUT2D eigenvalue weighted by atomic mass is 10.1. The van der Waals surface area contributed by atoms with Crippen molar-refractivity contribution in [3.8, 4) is 5.75 Å². The smallest absolute Gasteiger partial charge is 0.409 e. The number of carbonyl (C=O) groups is 2. The molecule has 0 saturated carbocycles. The number of piperidine rings is 1. The molecule has 3 rings (SSSR count). The average molecular weight is 362 g/mol. The van der Waals surface area contributed by atoms with Crippen molar-refractivity contribution in [3.63, 3.8) is 0 Å². The lowest BCUT2D eigenvalue weighted by molar-refractivity contribution is -0.119. The number of hydrogen-bond acceptors (Lipinski definition) is 5. The Balaban J connectivity index is 1.67. The number of ether oxygens (including phenoxy) is 1. The zero-order valence-electron chi connectivity index (χ0n) is 14.4. The van der Waals surface area contributed by atoms with E-state index in [2.05, 4.69) is 10.3 Å². The van der Waals surface area contributed by atoms with Crippen molar-refractivity contribution in [3.05, 3.63) is 18.3 Å². The van der Waals surface area contributed by atoms with E-state index in [9.17, 15) is 9.59 Å². The van der Waals surface area contributed by atoms with Gasteiger partial charge in [0.1, 0.15) is 11.9 Å². The Hall–Kier alpha value is -2.22. The van der Waals surface area contributed by atoms with Gasteiger partial charge in [-0.2, -0.15) is 0 Å². The van der Waals surface area contributed by atoms with Crippen LogP contribution in [0.1, 0.15) is 33.1 Å². The third-order valence-electron chi connectivity index (χ3n) is 4.40. The summed E-state index contributed by atoms with van der Waals surface area (Å²) in [4.78, 5) is 31.9. The van der Waals surface area contributed by atoms with Gasteiger partial charge in [0.05, 0.1) is 6.20 Å². The summed E-state index contributed by atoms with van der Waals surface area (Å²) < 4.78 is 5.36. The molecule has 7 nitrogen and oxygen atoms in total. The van der Waals surface area contributed by atoms with Crippen LogP contribution in [0.4, 0.5) is 10.6 Å². The van der Waals surface area contributed by atoms with Gasteiger partial charge in [-0.1, -0.05) is 13.8 Å². The van der Waals surface area contributed by atoms with E-state index in [0.29, 0.717) is 16.7 Å². The lowest BCUT2D eigenvalue weighted by Crippen LogP contribution is -2.37. The number of rotatable bonds is 3. The maximum Gasteiger partial charge on any atom is 0.415 e. The van der Waals surface area contributed by atoms with Gasteiger partial charge >= 0.3 is 6.09 Å². The highest BCUT2D eigenvalue weighted by Crippen LogP contribution is 2.23. The standard InChI is InChI=1S/C17H22N4O3S/c1-11(2)14-15(22)21(16(25)19-14)13-7-6-12(10-18-13)24-17(23)20-8-4-3-5-9-20/h6-7,10-11,14H,3-5,8-9H2,1-2H3,(H,19,25). The van der Waals surface area contributed by atoms with Crippen molar-refractivity contribution < 1.29 is 14.3 Å². The highest BCUT2D eigenvalue weighted by atomic mass is 32.1. The van der Waals surface area contributed by atoms with E-state index in [0.717, 1.165) is 32.4 Å². The first-order chi connectivity index (χ1) is 12.0. The molecule has 8 heteroatoms. The van der Waals surface area contributed by atoms with Crippen LogP contribution in [-0.2, 0) is 4.79 Å². The van der Waals surface area contributed by atoms with Crippen LogP contribution >= 0.6 is 12.2 Å². The summed E-state index contributed by atoms with van der Waals surface area (Å²) in [7, 11) is 0. The molecule has 2 saturated heterocycles. The van der Waals surface area contributed by atoms with E-state index in [1.807, 2.05) is 13.8 Å². The van der Waals surface area contributed by atoms with Crippen molar-refractivity contribution in [1.82, 2.24) is 15.2 Å². The van der Waals surface area contributed by atoms with Crippen molar-refractivity contribution in [2.75, 3.05) is 18.0 Å². The fourth-order valence-corrected chi connectivity index (χ4v) is 3.28. The first-order valence-corrected chi connectivity index (χ1v) is 8.95. The Bertz CT molecular complexity index is 671. The second-order valence-corrected chi connectivity index (χ2v) is 7.00. The Labute approximate surface area is 152 Å². The Kier molecular flexibility index (Phi) is 5.17. The molecule has 1 aromatic heterocycles. The summed E-state index contributed by atoms with van der Waals surface area (Å²) >= 11 is 5.25. The average Bonchev–Trinajstić information content (AvgIpc) is 2.91. The highest BCUT2D eigenvalue weighted by Gasteiger charge is 2.38. The molecule has 0 bridgehead atoms. The summed E-state index contributed by atoms with van der Waals surface area (Å²) in [5, 5.41) is 3.36. The zero-order valence-corrected chi connectivity index (χ0v) is 15.2. The quantitative estimate of drug-likeness (QED) is 0.832. The molecule has 2 aliphatic rings. The van der Waals surface area contributed by atoms with Crippen LogP contribution in [0, 0.1) is 5.92 Å². The molecular weight excluding hydrogens is 340 g/mol. The number of thiocarbonyl (C=S) groups is 1. The monoisotopic (exact) mass is 362 g/mol. The lowest BCUT2D eigenvalue weighted by Gasteiger charge is -2.25. The Morgan fingerprint density at radius 1 is 1.32 bits per heavy atom. The van der Waals surface area contributed by atoms with Crippen LogP contribution in [0.25, 0.3) is 0 Å². The predicted octanol–water partition coefficient (Wildman–Crippen LogP) is 2.31. The molecule has 1 aromatic rings. The van der Waals surface area contributed by atoms with Gasteiger partial charge in [0.25, 0.3) is 5.91 Å². The molecule has 2 aliphatic heterocycles. The van der Waals surface area contributed by atoms with Crippen molar-refractivity contribution in [2.45, 2.75) is 39.2 Å². The molecule has 0 radical (unpaired) electrons. The number of pyridine rings is 1. The van der Waals surface area contributed by atoms with Crippen molar-refractivity contribution in [2.24, 2.45) is 5.92 Å². The summed E-state index contributed by atoms with van der Waals surface area (Å²) in [6.07, 6.45) is 4.24. The van der Waals surface area contributed by atoms with E-state index in [4.69, 9.17) is 17.0 Å².